The van der Waals surface area contributed by atoms with Crippen LogP contribution in [0.4, 0.5) is 0 Å². The van der Waals surface area contributed by atoms with E-state index in [-0.39, 0.29) is 5.97 Å². The largest absolute Gasteiger partial charge is 0.494 e. The quantitative estimate of drug-likeness (QED) is 0.0399. The van der Waals surface area contributed by atoms with Gasteiger partial charge < -0.3 is 23.7 Å². The summed E-state index contributed by atoms with van der Waals surface area (Å²) in [5, 5.41) is 0. The molecule has 0 radical (unpaired) electrons. The van der Waals surface area contributed by atoms with Gasteiger partial charge in [0.05, 0.1) is 30.9 Å². The minimum Gasteiger partial charge on any atom is -0.494 e. The highest BCUT2D eigenvalue weighted by Crippen LogP contribution is 2.22. The zero-order chi connectivity index (χ0) is 34.5. The smallest absolute Gasteiger partial charge is 0.343 e. The van der Waals surface area contributed by atoms with Gasteiger partial charge in [-0.3, -0.25) is 0 Å². The van der Waals surface area contributed by atoms with Crippen molar-refractivity contribution < 1.29 is 38.1 Å². The van der Waals surface area contributed by atoms with Crippen LogP contribution in [-0.2, 0) is 9.53 Å². The summed E-state index contributed by atoms with van der Waals surface area (Å²) in [6, 6.07) is 29.5. The Kier molecular flexibility index (Phi) is 15.5. The van der Waals surface area contributed by atoms with E-state index in [1.807, 2.05) is 30.3 Å². The van der Waals surface area contributed by atoms with E-state index in [0.29, 0.717) is 48.2 Å². The van der Waals surface area contributed by atoms with E-state index in [2.05, 4.69) is 6.92 Å². The van der Waals surface area contributed by atoms with Crippen molar-refractivity contribution in [2.45, 2.75) is 58.3 Å². The van der Waals surface area contributed by atoms with Crippen LogP contribution in [0.3, 0.4) is 0 Å². The first-order valence-electron chi connectivity index (χ1n) is 16.9. The van der Waals surface area contributed by atoms with Gasteiger partial charge in [-0.05, 0) is 117 Å². The number of rotatable bonds is 20. The molecule has 0 saturated heterocycles. The zero-order valence-corrected chi connectivity index (χ0v) is 28.0. The molecule has 0 bridgehead atoms. The maximum Gasteiger partial charge on any atom is 0.343 e. The van der Waals surface area contributed by atoms with E-state index in [4.69, 9.17) is 23.7 Å². The van der Waals surface area contributed by atoms with Crippen LogP contribution in [0.5, 0.6) is 23.0 Å². The minimum atomic E-state index is -0.514. The molecular formula is C41H44O8. The van der Waals surface area contributed by atoms with Gasteiger partial charge in [-0.15, -0.1) is 0 Å². The molecule has 4 aromatic rings. The third-order valence-electron chi connectivity index (χ3n) is 7.45. The van der Waals surface area contributed by atoms with Gasteiger partial charge in [-0.2, -0.15) is 0 Å². The molecule has 0 aliphatic rings. The molecule has 0 unspecified atom stereocenters. The Hall–Kier alpha value is -5.37. The first kappa shape index (κ1) is 36.5. The fraction of sp³-hybridized carbons (Fsp3) is 0.293. The molecule has 0 fully saturated rings. The van der Waals surface area contributed by atoms with Crippen LogP contribution in [-0.4, -0.2) is 37.7 Å². The second-order valence-corrected chi connectivity index (χ2v) is 11.4. The Morgan fingerprint density at radius 1 is 0.510 bits per heavy atom. The lowest BCUT2D eigenvalue weighted by atomic mass is 10.2. The van der Waals surface area contributed by atoms with Gasteiger partial charge in [-0.25, -0.2) is 14.4 Å². The molecular weight excluding hydrogens is 620 g/mol. The number of benzene rings is 4. The van der Waals surface area contributed by atoms with E-state index in [9.17, 15) is 14.4 Å². The van der Waals surface area contributed by atoms with Crippen LogP contribution in [0.2, 0.25) is 0 Å². The fourth-order valence-electron chi connectivity index (χ4n) is 4.70. The molecule has 4 aromatic carbocycles. The normalized spacial score (nSPS) is 10.8. The second-order valence-electron chi connectivity index (χ2n) is 11.4. The van der Waals surface area contributed by atoms with Crippen LogP contribution in [0.25, 0.3) is 6.08 Å². The van der Waals surface area contributed by atoms with Crippen molar-refractivity contribution in [1.82, 2.24) is 0 Å². The number of hydrogen-bond acceptors (Lipinski definition) is 8. The van der Waals surface area contributed by atoms with Crippen LogP contribution in [0.15, 0.2) is 109 Å². The SMILES string of the molecule is CCCCCCOc1ccc(C(=O)Oc2ccc(OC(=O)c3ccc(OCCCCCCOC(=O)/C=C/c4ccccc4)cc3)cc2)cc1. The monoisotopic (exact) mass is 664 g/mol. The Bertz CT molecular complexity index is 1590. The summed E-state index contributed by atoms with van der Waals surface area (Å²) >= 11 is 0. The molecule has 0 spiro atoms. The predicted octanol–water partition coefficient (Wildman–Crippen LogP) is 9.28. The lowest BCUT2D eigenvalue weighted by Crippen LogP contribution is -2.09. The predicted molar refractivity (Wildman–Crippen MR) is 189 cm³/mol. The highest BCUT2D eigenvalue weighted by atomic mass is 16.5. The summed E-state index contributed by atoms with van der Waals surface area (Å²) in [7, 11) is 0. The third kappa shape index (κ3) is 13.7. The van der Waals surface area contributed by atoms with Gasteiger partial charge in [-0.1, -0.05) is 56.5 Å². The third-order valence-corrected chi connectivity index (χ3v) is 7.45. The molecule has 0 saturated carbocycles. The maximum atomic E-state index is 12.6. The first-order valence-corrected chi connectivity index (χ1v) is 16.9. The molecule has 8 heteroatoms. The van der Waals surface area contributed by atoms with Crippen LogP contribution in [0, 0.1) is 0 Å². The average molecular weight is 665 g/mol. The van der Waals surface area contributed by atoms with Gasteiger partial charge in [0.25, 0.3) is 0 Å². The fourth-order valence-corrected chi connectivity index (χ4v) is 4.70. The standard InChI is InChI=1S/C41H44O8/c1-2-3-4-10-29-45-35-20-16-33(17-21-35)40(43)48-37-24-26-38(27-25-37)49-41(44)34-18-22-36(23-19-34)46-30-11-5-6-12-31-47-39(42)28-15-32-13-8-7-9-14-32/h7-9,13-28H,2-6,10-12,29-31H2,1H3/b28-15+. The summed E-state index contributed by atoms with van der Waals surface area (Å²) in [5.41, 5.74) is 1.74. The molecule has 256 valence electrons. The van der Waals surface area contributed by atoms with Crippen molar-refractivity contribution in [3.05, 3.63) is 126 Å². The number of hydrogen-bond donors (Lipinski definition) is 0. The first-order chi connectivity index (χ1) is 24.0. The second kappa shape index (κ2) is 20.8. The molecule has 0 aromatic heterocycles. The van der Waals surface area contributed by atoms with E-state index < -0.39 is 11.9 Å². The van der Waals surface area contributed by atoms with Crippen molar-refractivity contribution >= 4 is 24.0 Å². The van der Waals surface area contributed by atoms with Crippen molar-refractivity contribution in [3.8, 4) is 23.0 Å². The average Bonchev–Trinajstić information content (AvgIpc) is 3.13. The molecule has 0 atom stereocenters. The number of esters is 3. The Labute approximate surface area is 288 Å². The Morgan fingerprint density at radius 3 is 1.45 bits per heavy atom. The number of carbonyl (C=O) groups excluding carboxylic acids is 3. The van der Waals surface area contributed by atoms with Crippen LogP contribution >= 0.6 is 0 Å². The van der Waals surface area contributed by atoms with Gasteiger partial charge >= 0.3 is 17.9 Å². The summed E-state index contributed by atoms with van der Waals surface area (Å²) < 4.78 is 27.7. The van der Waals surface area contributed by atoms with Crippen LogP contribution in [0.1, 0.15) is 84.6 Å². The van der Waals surface area contributed by atoms with Gasteiger partial charge in [0.2, 0.25) is 0 Å². The minimum absolute atomic E-state index is 0.323. The Morgan fingerprint density at radius 2 is 0.959 bits per heavy atom. The van der Waals surface area contributed by atoms with Crippen molar-refractivity contribution in [3.63, 3.8) is 0 Å². The van der Waals surface area contributed by atoms with Crippen LogP contribution < -0.4 is 18.9 Å². The molecule has 8 nitrogen and oxygen atoms in total. The molecule has 0 amide bonds. The summed E-state index contributed by atoms with van der Waals surface area (Å²) in [4.78, 5) is 37.0. The van der Waals surface area contributed by atoms with Crippen molar-refractivity contribution in [1.29, 1.82) is 0 Å². The van der Waals surface area contributed by atoms with Gasteiger partial charge in [0, 0.05) is 6.08 Å². The molecule has 0 heterocycles. The molecule has 4 rings (SSSR count). The molecule has 0 aliphatic carbocycles. The highest BCUT2D eigenvalue weighted by molar-refractivity contribution is 5.92. The maximum absolute atomic E-state index is 12.6. The molecule has 0 N–H and O–H groups in total. The van der Waals surface area contributed by atoms with Crippen molar-refractivity contribution in [2.75, 3.05) is 19.8 Å². The summed E-state index contributed by atoms with van der Waals surface area (Å²) in [6.07, 6.45) is 11.2. The topological polar surface area (TPSA) is 97.4 Å². The zero-order valence-electron chi connectivity index (χ0n) is 28.0. The van der Waals surface area contributed by atoms with E-state index in [0.717, 1.165) is 49.8 Å². The Balaban J connectivity index is 1.08. The van der Waals surface area contributed by atoms with Gasteiger partial charge in [0.1, 0.15) is 23.0 Å². The number of carbonyl (C=O) groups is 3. The van der Waals surface area contributed by atoms with Crippen molar-refractivity contribution in [2.24, 2.45) is 0 Å². The number of unbranched alkanes of at least 4 members (excludes halogenated alkanes) is 6. The lowest BCUT2D eigenvalue weighted by Gasteiger charge is -2.09. The van der Waals surface area contributed by atoms with E-state index >= 15 is 0 Å². The lowest BCUT2D eigenvalue weighted by molar-refractivity contribution is -0.137. The van der Waals surface area contributed by atoms with E-state index in [1.54, 1.807) is 78.9 Å². The molecule has 49 heavy (non-hydrogen) atoms. The summed E-state index contributed by atoms with van der Waals surface area (Å²) in [5.74, 6) is 0.684. The highest BCUT2D eigenvalue weighted by Gasteiger charge is 2.12. The summed E-state index contributed by atoms with van der Waals surface area (Å²) in [6.45, 7) is 3.75. The molecule has 0 aliphatic heterocycles. The number of ether oxygens (including phenoxy) is 5. The van der Waals surface area contributed by atoms with E-state index in [1.165, 1.54) is 18.9 Å². The van der Waals surface area contributed by atoms with Gasteiger partial charge in [0.15, 0.2) is 0 Å².